The van der Waals surface area contributed by atoms with E-state index in [0.29, 0.717) is 104 Å². The zero-order chi connectivity index (χ0) is 87.1. The Morgan fingerprint density at radius 1 is 0.322 bits per heavy atom. The number of hydrogen-bond acceptors (Lipinski definition) is 20. The first-order valence-electron chi connectivity index (χ1n) is 47.0. The van der Waals surface area contributed by atoms with Crippen LogP contribution in [0.25, 0.3) is 0 Å². The second kappa shape index (κ2) is 36.9. The summed E-state index contributed by atoms with van der Waals surface area (Å²) in [5.74, 6) is 8.71. The molecule has 18 saturated carbocycles. The predicted molar refractivity (Wildman–Crippen MR) is 449 cm³/mol. The molecular formula is C98H158O20. The minimum absolute atomic E-state index is 0.124. The lowest BCUT2D eigenvalue weighted by Gasteiger charge is -2.59. The molecule has 0 aromatic rings. The van der Waals surface area contributed by atoms with Gasteiger partial charge in [-0.25, -0.2) is 19.2 Å². The number of hydrogen-bond donors (Lipinski definition) is 0. The van der Waals surface area contributed by atoms with Crippen LogP contribution in [0.2, 0.25) is 0 Å². The maximum Gasteiger partial charge on any atom is 0.350 e. The van der Waals surface area contributed by atoms with Crippen molar-refractivity contribution in [2.45, 2.75) is 404 Å². The van der Waals surface area contributed by atoms with Gasteiger partial charge in [-0.05, 0) is 423 Å². The van der Waals surface area contributed by atoms with Crippen LogP contribution in [0.3, 0.4) is 0 Å². The Kier molecular flexibility index (Phi) is 29.7. The molecule has 0 radical (unpaired) electrons. The quantitative estimate of drug-likeness (QED) is 0.0400. The summed E-state index contributed by atoms with van der Waals surface area (Å²) in [5, 5.41) is 0. The van der Waals surface area contributed by atoms with Gasteiger partial charge in [0.1, 0.15) is 28.0 Å². The summed E-state index contributed by atoms with van der Waals surface area (Å²) in [6.07, 6.45) is 33.7. The first-order chi connectivity index (χ1) is 54.9. The van der Waals surface area contributed by atoms with E-state index in [1.165, 1.54) is 141 Å². The van der Waals surface area contributed by atoms with Crippen LogP contribution in [0.5, 0.6) is 0 Å². The molecule has 0 amide bonds. The lowest BCUT2D eigenvalue weighted by atomic mass is 9.50. The number of rotatable bonds is 28. The average molecular weight is 1660 g/mol. The van der Waals surface area contributed by atoms with E-state index in [1.807, 2.05) is 104 Å². The standard InChI is InChI=1S/2C21H34O4.C20H32O4.C19H30O4.C17H28O4/c1-7-19(2,3)17(22)24-20(4,5)18(23)25-21(6)15-9-13-8-14(11-15)12-16(21)10-13;1-5-20(2,3)19(23)24-8-6-7-18(22)25-21(4)16-10-14-9-15(12-16)13-17(21)11-14;1-6-19(3,4)18(22)23-12(2)17(21)24-20(5)15-8-13-7-14(10-15)11-16(20)9-13;1-5-18(2,3)17(21)22-11-16(20)23-19(4)14-7-12-6-13(9-14)10-15(19)8-12;1-5-16(3,4)15(19)20-11-14(18)21-17(6-2)10-12-7-8-13(17)9-12/h13-16H,7-12H2,1-6H3;14-17H,5-13H2,1-4H3;12-16H,6-11H2,1-5H3;12-15H,5-11H2,1-4H3;12-13H,5-11H2,1-4H3. The normalized spacial score (nSPS) is 36.5. The van der Waals surface area contributed by atoms with Crippen LogP contribution in [-0.4, -0.2) is 119 Å². The lowest BCUT2D eigenvalue weighted by molar-refractivity contribution is -0.221. The molecule has 4 unspecified atom stereocenters. The Balaban J connectivity index is 0.000000156. The minimum atomic E-state index is -1.25. The molecule has 18 aliphatic carbocycles. The molecule has 0 saturated heterocycles. The fraction of sp³-hybridized carbons (Fsp3) is 0.898. The van der Waals surface area contributed by atoms with Gasteiger partial charge in [-0.1, -0.05) is 41.5 Å². The fourth-order valence-electron chi connectivity index (χ4n) is 24.3. The van der Waals surface area contributed by atoms with Gasteiger partial charge in [0.05, 0.1) is 33.7 Å². The third-order valence-electron chi connectivity index (χ3n) is 34.2. The molecule has 0 spiro atoms. The molecule has 0 aromatic carbocycles. The summed E-state index contributed by atoms with van der Waals surface area (Å²) < 4.78 is 56.4. The van der Waals surface area contributed by atoms with E-state index in [9.17, 15) is 47.9 Å². The predicted octanol–water partition coefficient (Wildman–Crippen LogP) is 20.3. The molecule has 670 valence electrons. The van der Waals surface area contributed by atoms with Crippen molar-refractivity contribution in [1.29, 1.82) is 0 Å². The van der Waals surface area contributed by atoms with E-state index in [0.717, 1.165) is 73.0 Å². The zero-order valence-electron chi connectivity index (χ0n) is 77.4. The topological polar surface area (TPSA) is 263 Å². The van der Waals surface area contributed by atoms with E-state index < -0.39 is 56.3 Å². The average Bonchev–Trinajstić information content (AvgIpc) is 0.899. The Bertz CT molecular complexity index is 3460. The molecule has 18 aliphatic rings. The number of ether oxygens (including phenoxy) is 10. The third-order valence-corrected chi connectivity index (χ3v) is 34.2. The van der Waals surface area contributed by atoms with Gasteiger partial charge in [0.25, 0.3) is 0 Å². The molecule has 20 heteroatoms. The highest BCUT2D eigenvalue weighted by Gasteiger charge is 2.62. The van der Waals surface area contributed by atoms with Crippen LogP contribution in [0.15, 0.2) is 0 Å². The molecule has 118 heavy (non-hydrogen) atoms. The Hall–Kier alpha value is -5.30. The van der Waals surface area contributed by atoms with Crippen molar-refractivity contribution in [3.8, 4) is 0 Å². The van der Waals surface area contributed by atoms with Crippen molar-refractivity contribution in [2.75, 3.05) is 19.8 Å². The molecule has 0 aromatic heterocycles. The Morgan fingerprint density at radius 2 is 0.619 bits per heavy atom. The Morgan fingerprint density at radius 3 is 0.941 bits per heavy atom. The Labute approximate surface area is 709 Å². The lowest BCUT2D eigenvalue weighted by Crippen LogP contribution is -2.59. The van der Waals surface area contributed by atoms with Gasteiger partial charge in [0, 0.05) is 6.42 Å². The van der Waals surface area contributed by atoms with Crippen molar-refractivity contribution < 1.29 is 95.3 Å². The van der Waals surface area contributed by atoms with Crippen LogP contribution >= 0.6 is 0 Å². The second-order valence-electron chi connectivity index (χ2n) is 44.7. The molecule has 0 aliphatic heterocycles. The highest BCUT2D eigenvalue weighted by molar-refractivity contribution is 5.85. The highest BCUT2D eigenvalue weighted by Crippen LogP contribution is 2.64. The van der Waals surface area contributed by atoms with E-state index in [2.05, 4.69) is 34.6 Å². The molecule has 18 bridgehead atoms. The minimum Gasteiger partial charge on any atom is -0.465 e. The summed E-state index contributed by atoms with van der Waals surface area (Å²) in [6, 6.07) is 0. The first-order valence-corrected chi connectivity index (χ1v) is 47.0. The molecular weight excluding hydrogens is 1500 g/mol. The molecule has 20 nitrogen and oxygen atoms in total. The number of esters is 10. The number of fused-ring (bicyclic) bond motifs is 2. The summed E-state index contributed by atoms with van der Waals surface area (Å²) in [7, 11) is 0. The van der Waals surface area contributed by atoms with E-state index in [4.69, 9.17) is 47.4 Å². The van der Waals surface area contributed by atoms with Gasteiger partial charge >= 0.3 is 59.7 Å². The van der Waals surface area contributed by atoms with Crippen LogP contribution in [-0.2, 0) is 95.3 Å². The van der Waals surface area contributed by atoms with Crippen molar-refractivity contribution in [3.63, 3.8) is 0 Å². The van der Waals surface area contributed by atoms with Gasteiger partial charge in [-0.15, -0.1) is 0 Å². The first kappa shape index (κ1) is 94.9. The summed E-state index contributed by atoms with van der Waals surface area (Å²) in [5.41, 5.74) is -5.63. The van der Waals surface area contributed by atoms with E-state index in [1.54, 1.807) is 20.8 Å². The van der Waals surface area contributed by atoms with Crippen molar-refractivity contribution in [1.82, 2.24) is 0 Å². The molecule has 0 heterocycles. The monoisotopic (exact) mass is 1660 g/mol. The maximum absolute atomic E-state index is 12.9. The fourth-order valence-corrected chi connectivity index (χ4v) is 24.3. The van der Waals surface area contributed by atoms with Gasteiger partial charge in [0.15, 0.2) is 19.3 Å². The van der Waals surface area contributed by atoms with Crippen LogP contribution in [0.1, 0.15) is 365 Å². The SMILES string of the molecule is CCC(C)(C)C(=O)OC(C)(C)C(=O)OC1(C)C2CC3CC(C2)CC1C3.CCC(C)(C)C(=O)OC(C)C(=O)OC1(C)C2CC3CC(C2)CC1C3.CCC(C)(C)C(=O)OCC(=O)OC1(C)C2CC3CC(C2)CC1C3.CCC(C)(C)C(=O)OCC(=O)OC1(CC)CC2CCC1C2.CCC(C)(C)C(=O)OCCCC(=O)OC1(C)C2CC3CC(C2)CC1C3. The second-order valence-corrected chi connectivity index (χ2v) is 44.7. The summed E-state index contributed by atoms with van der Waals surface area (Å²) >= 11 is 0. The van der Waals surface area contributed by atoms with Crippen LogP contribution in [0.4, 0.5) is 0 Å². The molecule has 18 fully saturated rings. The maximum atomic E-state index is 12.9. The van der Waals surface area contributed by atoms with E-state index in [-0.39, 0.29) is 83.4 Å². The van der Waals surface area contributed by atoms with Gasteiger partial charge in [-0.3, -0.25) is 28.8 Å². The number of carbonyl (C=O) groups excluding carboxylic acids is 10. The molecule has 0 N–H and O–H groups in total. The summed E-state index contributed by atoms with van der Waals surface area (Å²) in [4.78, 5) is 123. The third kappa shape index (κ3) is 21.0. The van der Waals surface area contributed by atoms with Crippen molar-refractivity contribution >= 4 is 59.7 Å². The molecule has 4 atom stereocenters. The van der Waals surface area contributed by atoms with Gasteiger partial charge in [-0.2, -0.15) is 0 Å². The van der Waals surface area contributed by atoms with E-state index >= 15 is 0 Å². The van der Waals surface area contributed by atoms with Crippen molar-refractivity contribution in [3.05, 3.63) is 0 Å². The smallest absolute Gasteiger partial charge is 0.350 e. The largest absolute Gasteiger partial charge is 0.465 e. The highest BCUT2D eigenvalue weighted by atomic mass is 16.6. The van der Waals surface area contributed by atoms with Gasteiger partial charge in [0.2, 0.25) is 5.60 Å². The summed E-state index contributed by atoms with van der Waals surface area (Å²) in [6.45, 7) is 43.5. The van der Waals surface area contributed by atoms with Crippen LogP contribution < -0.4 is 0 Å². The van der Waals surface area contributed by atoms with Crippen molar-refractivity contribution in [2.24, 2.45) is 134 Å². The van der Waals surface area contributed by atoms with Gasteiger partial charge < -0.3 is 47.4 Å². The number of carbonyl (C=O) groups is 10. The van der Waals surface area contributed by atoms with Crippen LogP contribution in [0, 0.1) is 134 Å². The zero-order valence-corrected chi connectivity index (χ0v) is 77.4. The molecule has 18 rings (SSSR count).